The van der Waals surface area contributed by atoms with Crippen LogP contribution in [0.5, 0.6) is 0 Å². The predicted octanol–water partition coefficient (Wildman–Crippen LogP) is 5.68. The summed E-state index contributed by atoms with van der Waals surface area (Å²) in [6, 6.07) is 18.5. The van der Waals surface area contributed by atoms with E-state index in [4.69, 9.17) is 5.10 Å². The van der Waals surface area contributed by atoms with Gasteiger partial charge in [0.25, 0.3) is 0 Å². The number of anilines is 1. The Morgan fingerprint density at radius 2 is 1.76 bits per heavy atom. The van der Waals surface area contributed by atoms with Crippen LogP contribution < -0.4 is 10.2 Å². The molecule has 1 saturated heterocycles. The first-order valence-corrected chi connectivity index (χ1v) is 15.0. The summed E-state index contributed by atoms with van der Waals surface area (Å²) < 4.78 is 2.02. The third-order valence-corrected chi connectivity index (χ3v) is 9.66. The van der Waals surface area contributed by atoms with Crippen molar-refractivity contribution in [3.63, 3.8) is 0 Å². The monoisotopic (exact) mass is 559 g/mol. The minimum absolute atomic E-state index is 0.0285. The van der Waals surface area contributed by atoms with E-state index in [1.165, 1.54) is 22.4 Å². The summed E-state index contributed by atoms with van der Waals surface area (Å²) in [6.07, 6.45) is 15.8. The number of amides is 2. The predicted molar refractivity (Wildman–Crippen MR) is 164 cm³/mol. The van der Waals surface area contributed by atoms with E-state index in [9.17, 15) is 4.79 Å². The number of hydrogen-bond acceptors (Lipinski definition) is 5. The van der Waals surface area contributed by atoms with Crippen molar-refractivity contribution < 1.29 is 4.79 Å². The zero-order valence-corrected chi connectivity index (χ0v) is 24.1. The lowest BCUT2D eigenvalue weighted by Crippen LogP contribution is -2.52. The van der Waals surface area contributed by atoms with Gasteiger partial charge in [0.2, 0.25) is 0 Å². The number of pyridine rings is 2. The molecular weight excluding hydrogens is 522 g/mol. The average molecular weight is 560 g/mol. The Hall–Kier alpha value is -4.46. The molecule has 1 saturated carbocycles. The van der Waals surface area contributed by atoms with E-state index in [-0.39, 0.29) is 17.5 Å². The molecule has 2 amide bonds. The van der Waals surface area contributed by atoms with Gasteiger partial charge in [0.1, 0.15) is 0 Å². The van der Waals surface area contributed by atoms with Crippen LogP contribution in [-0.2, 0) is 6.42 Å². The maximum absolute atomic E-state index is 13.6. The van der Waals surface area contributed by atoms with Gasteiger partial charge in [-0.05, 0) is 78.5 Å². The molecule has 0 bridgehead atoms. The normalized spacial score (nSPS) is 22.2. The highest BCUT2D eigenvalue weighted by Gasteiger charge is 2.46. The number of hydrogen-bond donors (Lipinski definition) is 1. The van der Waals surface area contributed by atoms with Crippen molar-refractivity contribution in [2.75, 3.05) is 31.1 Å². The summed E-state index contributed by atoms with van der Waals surface area (Å²) in [6.45, 7) is 5.46. The zero-order chi connectivity index (χ0) is 28.5. The van der Waals surface area contributed by atoms with Gasteiger partial charge in [-0.25, -0.2) is 9.48 Å². The summed E-state index contributed by atoms with van der Waals surface area (Å²) in [4.78, 5) is 26.3. The summed E-state index contributed by atoms with van der Waals surface area (Å²) in [7, 11) is 0. The highest BCUT2D eigenvalue weighted by molar-refractivity contribution is 5.75. The molecule has 3 atom stereocenters. The lowest BCUT2D eigenvalue weighted by atomic mass is 9.68. The van der Waals surface area contributed by atoms with Crippen molar-refractivity contribution in [2.45, 2.75) is 38.6 Å². The summed E-state index contributed by atoms with van der Waals surface area (Å²) >= 11 is 0. The van der Waals surface area contributed by atoms with Gasteiger partial charge >= 0.3 is 6.03 Å². The third kappa shape index (κ3) is 4.95. The van der Waals surface area contributed by atoms with Gasteiger partial charge in [0, 0.05) is 50.5 Å². The fourth-order valence-corrected chi connectivity index (χ4v) is 7.21. The molecule has 42 heavy (non-hydrogen) atoms. The first-order chi connectivity index (χ1) is 20.6. The first-order valence-electron chi connectivity index (χ1n) is 15.0. The second-order valence-electron chi connectivity index (χ2n) is 12.0. The smallest absolute Gasteiger partial charge is 0.318 e. The number of urea groups is 1. The molecule has 0 radical (unpaired) electrons. The van der Waals surface area contributed by atoms with Crippen molar-refractivity contribution >= 4 is 17.8 Å². The van der Waals surface area contributed by atoms with E-state index in [1.807, 2.05) is 58.6 Å². The van der Waals surface area contributed by atoms with Gasteiger partial charge in [-0.1, -0.05) is 42.8 Å². The zero-order valence-electron chi connectivity index (χ0n) is 24.1. The van der Waals surface area contributed by atoms with Gasteiger partial charge in [0.15, 0.2) is 0 Å². The molecule has 2 aliphatic carbocycles. The Bertz CT molecular complexity index is 1560. The molecule has 3 aromatic heterocycles. The number of allylic oxidation sites excluding steroid dienone is 1. The number of aromatic nitrogens is 4. The molecule has 1 N–H and O–H groups in total. The van der Waals surface area contributed by atoms with Crippen LogP contribution in [-0.4, -0.2) is 56.9 Å². The molecule has 0 spiro atoms. The highest BCUT2D eigenvalue weighted by atomic mass is 16.2. The van der Waals surface area contributed by atoms with Crippen molar-refractivity contribution in [1.29, 1.82) is 0 Å². The van der Waals surface area contributed by atoms with Crippen LogP contribution in [0.25, 0.3) is 11.8 Å². The number of carbonyl (C=O) groups excluding carboxylic acids is 1. The highest BCUT2D eigenvalue weighted by Crippen LogP contribution is 2.55. The Kier molecular flexibility index (Phi) is 6.98. The molecule has 4 aromatic rings. The lowest BCUT2D eigenvalue weighted by Gasteiger charge is -2.39. The average Bonchev–Trinajstić information content (AvgIpc) is 3.60. The number of nitrogens with one attached hydrogen (secondary N) is 1. The van der Waals surface area contributed by atoms with Crippen LogP contribution >= 0.6 is 0 Å². The number of carbonyl (C=O) groups is 1. The van der Waals surface area contributed by atoms with Crippen molar-refractivity contribution in [3.8, 4) is 5.69 Å². The Morgan fingerprint density at radius 3 is 2.52 bits per heavy atom. The fraction of sp³-hybridized carbons (Fsp3) is 0.353. The standard InChI is InChI=1S/C34H37N7O/c1-34-22-26-23-37-41(30-8-5-13-36-24-30)32(26)21-28(34)10-9-27(34)20-31(25-6-3-2-4-7-25)38-33(42)40-18-16-39(17-19-40)29-11-14-35-15-12-29/h2-8,11-15,21,23-24,27,31H,9-10,16-20,22H2,1H3,(H,38,42)/t27-,31?,34-/m1/s1. The van der Waals surface area contributed by atoms with Gasteiger partial charge in [-0.15, -0.1) is 0 Å². The van der Waals surface area contributed by atoms with E-state index >= 15 is 0 Å². The maximum Gasteiger partial charge on any atom is 0.318 e. The van der Waals surface area contributed by atoms with E-state index < -0.39 is 0 Å². The molecule has 4 heterocycles. The minimum Gasteiger partial charge on any atom is -0.368 e. The fourth-order valence-electron chi connectivity index (χ4n) is 7.21. The van der Waals surface area contributed by atoms with Gasteiger partial charge < -0.3 is 15.1 Å². The SMILES string of the molecule is C[C@]12Cc3cnn(-c4cccnc4)c3C=C1CC[C@@H]2CC(NC(=O)N1CCN(c2ccncc2)CC1)c1ccccc1. The van der Waals surface area contributed by atoms with Crippen LogP contribution in [0.4, 0.5) is 10.5 Å². The molecule has 8 nitrogen and oxygen atoms in total. The quantitative estimate of drug-likeness (QED) is 0.329. The topological polar surface area (TPSA) is 79.2 Å². The molecule has 214 valence electrons. The molecule has 1 aliphatic heterocycles. The summed E-state index contributed by atoms with van der Waals surface area (Å²) in [5.74, 6) is 0.452. The largest absolute Gasteiger partial charge is 0.368 e. The third-order valence-electron chi connectivity index (χ3n) is 9.66. The molecule has 1 unspecified atom stereocenters. The summed E-state index contributed by atoms with van der Waals surface area (Å²) in [5, 5.41) is 8.20. The van der Waals surface area contributed by atoms with Crippen LogP contribution in [0.15, 0.2) is 91.2 Å². The molecule has 3 aliphatic rings. The van der Waals surface area contributed by atoms with Crippen LogP contribution in [0.2, 0.25) is 0 Å². The van der Waals surface area contributed by atoms with E-state index in [2.05, 4.69) is 63.5 Å². The number of nitrogens with zero attached hydrogens (tertiary/aromatic N) is 6. The molecule has 8 heteroatoms. The molecule has 7 rings (SSSR count). The van der Waals surface area contributed by atoms with Crippen LogP contribution in [0.3, 0.4) is 0 Å². The van der Waals surface area contributed by atoms with Crippen molar-refractivity contribution in [3.05, 3.63) is 108 Å². The van der Waals surface area contributed by atoms with E-state index in [0.29, 0.717) is 19.0 Å². The number of piperazine rings is 1. The first kappa shape index (κ1) is 26.4. The number of rotatable bonds is 6. The molecule has 1 aromatic carbocycles. The van der Waals surface area contributed by atoms with Crippen molar-refractivity contribution in [1.82, 2.24) is 30.0 Å². The summed E-state index contributed by atoms with van der Waals surface area (Å²) in [5.41, 5.74) is 7.32. The van der Waals surface area contributed by atoms with Crippen LogP contribution in [0, 0.1) is 11.3 Å². The van der Waals surface area contributed by atoms with Gasteiger partial charge in [0.05, 0.1) is 29.8 Å². The second-order valence-corrected chi connectivity index (χ2v) is 12.0. The number of benzene rings is 1. The second kappa shape index (κ2) is 11.1. The van der Waals surface area contributed by atoms with Gasteiger partial charge in [-0.2, -0.15) is 5.10 Å². The van der Waals surface area contributed by atoms with E-state index in [0.717, 1.165) is 50.1 Å². The Morgan fingerprint density at radius 1 is 0.952 bits per heavy atom. The maximum atomic E-state index is 13.6. The Balaban J connectivity index is 1.07. The molecular formula is C34H37N7O. The van der Waals surface area contributed by atoms with Crippen LogP contribution in [0.1, 0.15) is 49.0 Å². The van der Waals surface area contributed by atoms with E-state index in [1.54, 1.807) is 6.20 Å². The lowest BCUT2D eigenvalue weighted by molar-refractivity contribution is 0.181. The van der Waals surface area contributed by atoms with Gasteiger partial charge in [-0.3, -0.25) is 9.97 Å². The Labute approximate surface area is 247 Å². The van der Waals surface area contributed by atoms with Crippen molar-refractivity contribution in [2.24, 2.45) is 11.3 Å². The minimum atomic E-state index is -0.0439. The molecule has 2 fully saturated rings. The number of fused-ring (bicyclic) bond motifs is 2.